The van der Waals surface area contributed by atoms with Crippen LogP contribution in [-0.2, 0) is 10.0 Å². The Morgan fingerprint density at radius 1 is 1.14 bits per heavy atom. The minimum Gasteiger partial charge on any atom is -0.322 e. The molecule has 8 heteroatoms. The lowest BCUT2D eigenvalue weighted by atomic mass is 10.2. The Balaban J connectivity index is 2.20. The van der Waals surface area contributed by atoms with Crippen LogP contribution < -0.4 is 10.5 Å². The van der Waals surface area contributed by atoms with Crippen molar-refractivity contribution in [1.29, 1.82) is 0 Å². The summed E-state index contributed by atoms with van der Waals surface area (Å²) in [7, 11) is -3.79. The molecular weight excluding hydrogens is 319 g/mol. The van der Waals surface area contributed by atoms with Gasteiger partial charge >= 0.3 is 0 Å². The maximum Gasteiger partial charge on any atom is 0.257 e. The summed E-state index contributed by atoms with van der Waals surface area (Å²) in [6, 6.07) is 8.69. The van der Waals surface area contributed by atoms with Crippen LogP contribution in [0.4, 0.5) is 10.1 Å². The molecule has 0 aliphatic heterocycles. The van der Waals surface area contributed by atoms with Crippen molar-refractivity contribution >= 4 is 33.2 Å². The third-order valence-electron chi connectivity index (χ3n) is 2.62. The molecule has 0 aromatic heterocycles. The van der Waals surface area contributed by atoms with Crippen molar-refractivity contribution in [3.8, 4) is 0 Å². The Morgan fingerprint density at radius 2 is 1.76 bits per heavy atom. The van der Waals surface area contributed by atoms with Crippen LogP contribution in [0, 0.1) is 5.82 Å². The van der Waals surface area contributed by atoms with Crippen molar-refractivity contribution in [3.05, 3.63) is 58.9 Å². The number of carbonyl (C=O) groups is 1. The van der Waals surface area contributed by atoms with Gasteiger partial charge in [0.05, 0.1) is 15.5 Å². The van der Waals surface area contributed by atoms with E-state index in [0.29, 0.717) is 5.69 Å². The van der Waals surface area contributed by atoms with Crippen molar-refractivity contribution in [2.24, 2.45) is 5.14 Å². The van der Waals surface area contributed by atoms with E-state index in [4.69, 9.17) is 16.7 Å². The summed E-state index contributed by atoms with van der Waals surface area (Å²) in [5, 5.41) is 7.46. The van der Waals surface area contributed by atoms with Crippen LogP contribution in [0.15, 0.2) is 47.4 Å². The third kappa shape index (κ3) is 3.78. The van der Waals surface area contributed by atoms with Crippen LogP contribution in [0.1, 0.15) is 10.4 Å². The molecule has 0 unspecified atom stereocenters. The lowest BCUT2D eigenvalue weighted by molar-refractivity contribution is 0.102. The molecule has 2 aromatic carbocycles. The predicted molar refractivity (Wildman–Crippen MR) is 77.2 cm³/mol. The number of anilines is 1. The second-order valence-electron chi connectivity index (χ2n) is 4.15. The molecule has 0 aliphatic carbocycles. The van der Waals surface area contributed by atoms with E-state index in [2.05, 4.69) is 5.32 Å². The molecule has 2 rings (SSSR count). The molecule has 5 nitrogen and oxygen atoms in total. The number of hydrogen-bond donors (Lipinski definition) is 2. The summed E-state index contributed by atoms with van der Waals surface area (Å²) < 4.78 is 35.1. The number of nitrogens with two attached hydrogens (primary N) is 1. The van der Waals surface area contributed by atoms with Gasteiger partial charge in [0.1, 0.15) is 5.82 Å². The number of halogens is 2. The SMILES string of the molecule is NS(=O)(=O)c1ccc(NC(=O)c2ccc(F)cc2Cl)cc1. The highest BCUT2D eigenvalue weighted by molar-refractivity contribution is 7.89. The van der Waals surface area contributed by atoms with Crippen molar-refractivity contribution in [1.82, 2.24) is 0 Å². The van der Waals surface area contributed by atoms with Crippen LogP contribution in [0.2, 0.25) is 5.02 Å². The zero-order chi connectivity index (χ0) is 15.6. The van der Waals surface area contributed by atoms with E-state index in [-0.39, 0.29) is 15.5 Å². The van der Waals surface area contributed by atoms with Gasteiger partial charge in [0.2, 0.25) is 10.0 Å². The summed E-state index contributed by atoms with van der Waals surface area (Å²) in [5.41, 5.74) is 0.460. The second-order valence-corrected chi connectivity index (χ2v) is 6.12. The number of primary sulfonamides is 1. The number of rotatable bonds is 3. The molecule has 0 heterocycles. The van der Waals surface area contributed by atoms with Crippen molar-refractivity contribution in [2.75, 3.05) is 5.32 Å². The first-order valence-corrected chi connectivity index (χ1v) is 7.59. The highest BCUT2D eigenvalue weighted by Gasteiger charge is 2.12. The van der Waals surface area contributed by atoms with E-state index in [9.17, 15) is 17.6 Å². The van der Waals surface area contributed by atoms with E-state index < -0.39 is 21.7 Å². The molecule has 0 saturated carbocycles. The fraction of sp³-hybridized carbons (Fsp3) is 0. The molecule has 0 atom stereocenters. The quantitative estimate of drug-likeness (QED) is 0.906. The molecule has 110 valence electrons. The summed E-state index contributed by atoms with van der Waals surface area (Å²) in [6.45, 7) is 0. The number of carbonyl (C=O) groups excluding carboxylic acids is 1. The molecule has 3 N–H and O–H groups in total. The van der Waals surface area contributed by atoms with Gasteiger partial charge in [-0.25, -0.2) is 17.9 Å². The fourth-order valence-corrected chi connectivity index (χ4v) is 2.37. The zero-order valence-corrected chi connectivity index (χ0v) is 12.1. The average molecular weight is 329 g/mol. The van der Waals surface area contributed by atoms with Gasteiger partial charge in [-0.3, -0.25) is 4.79 Å². The van der Waals surface area contributed by atoms with Crippen LogP contribution in [-0.4, -0.2) is 14.3 Å². The van der Waals surface area contributed by atoms with Crippen LogP contribution in [0.25, 0.3) is 0 Å². The first-order valence-electron chi connectivity index (χ1n) is 5.66. The van der Waals surface area contributed by atoms with Gasteiger partial charge < -0.3 is 5.32 Å². The number of nitrogens with one attached hydrogen (secondary N) is 1. The van der Waals surface area contributed by atoms with Crippen molar-refractivity contribution in [3.63, 3.8) is 0 Å². The molecule has 0 radical (unpaired) electrons. The van der Waals surface area contributed by atoms with Crippen LogP contribution in [0.5, 0.6) is 0 Å². The minimum atomic E-state index is -3.79. The highest BCUT2D eigenvalue weighted by atomic mass is 35.5. The van der Waals surface area contributed by atoms with Crippen molar-refractivity contribution < 1.29 is 17.6 Å². The largest absolute Gasteiger partial charge is 0.322 e. The molecule has 1 amide bonds. The molecule has 2 aromatic rings. The Kier molecular flexibility index (Phi) is 4.26. The molecule has 0 aliphatic rings. The first-order chi connectivity index (χ1) is 9.77. The number of hydrogen-bond acceptors (Lipinski definition) is 3. The second kappa shape index (κ2) is 5.80. The van der Waals surface area contributed by atoms with Gasteiger partial charge in [0, 0.05) is 5.69 Å². The van der Waals surface area contributed by atoms with E-state index in [1.807, 2.05) is 0 Å². The summed E-state index contributed by atoms with van der Waals surface area (Å²) in [4.78, 5) is 11.9. The molecule has 0 saturated heterocycles. The van der Waals surface area contributed by atoms with Gasteiger partial charge in [-0.1, -0.05) is 11.6 Å². The number of benzene rings is 2. The maximum absolute atomic E-state index is 12.9. The number of sulfonamides is 1. The Morgan fingerprint density at radius 3 is 2.29 bits per heavy atom. The molecule has 0 fully saturated rings. The monoisotopic (exact) mass is 328 g/mol. The first kappa shape index (κ1) is 15.4. The summed E-state index contributed by atoms with van der Waals surface area (Å²) in [5.74, 6) is -1.09. The Hall–Kier alpha value is -1.96. The van der Waals surface area contributed by atoms with E-state index in [0.717, 1.165) is 12.1 Å². The van der Waals surface area contributed by atoms with Gasteiger partial charge in [-0.15, -0.1) is 0 Å². The van der Waals surface area contributed by atoms with Gasteiger partial charge in [-0.05, 0) is 42.5 Å². The Labute approximate surface area is 125 Å². The molecule has 21 heavy (non-hydrogen) atoms. The normalized spacial score (nSPS) is 11.2. The minimum absolute atomic E-state index is 0.0198. The fourth-order valence-electron chi connectivity index (χ4n) is 1.60. The highest BCUT2D eigenvalue weighted by Crippen LogP contribution is 2.19. The van der Waals surface area contributed by atoms with E-state index >= 15 is 0 Å². The standard InChI is InChI=1S/C13H10ClFN2O3S/c14-12-7-8(15)1-6-11(12)13(18)17-9-2-4-10(5-3-9)21(16,19)20/h1-7H,(H,17,18)(H2,16,19,20). The third-order valence-corrected chi connectivity index (χ3v) is 3.86. The zero-order valence-electron chi connectivity index (χ0n) is 10.5. The van der Waals surface area contributed by atoms with Gasteiger partial charge in [0.15, 0.2) is 0 Å². The van der Waals surface area contributed by atoms with Crippen LogP contribution >= 0.6 is 11.6 Å². The average Bonchev–Trinajstić information content (AvgIpc) is 2.38. The topological polar surface area (TPSA) is 89.3 Å². The van der Waals surface area contributed by atoms with E-state index in [1.165, 1.54) is 30.3 Å². The summed E-state index contributed by atoms with van der Waals surface area (Å²) in [6.07, 6.45) is 0. The molecule has 0 spiro atoms. The van der Waals surface area contributed by atoms with Gasteiger partial charge in [-0.2, -0.15) is 0 Å². The van der Waals surface area contributed by atoms with E-state index in [1.54, 1.807) is 0 Å². The lowest BCUT2D eigenvalue weighted by Gasteiger charge is -2.07. The maximum atomic E-state index is 12.9. The predicted octanol–water partition coefficient (Wildman–Crippen LogP) is 2.38. The lowest BCUT2D eigenvalue weighted by Crippen LogP contribution is -2.14. The van der Waals surface area contributed by atoms with Crippen LogP contribution in [0.3, 0.4) is 0 Å². The van der Waals surface area contributed by atoms with Crippen molar-refractivity contribution in [2.45, 2.75) is 4.90 Å². The smallest absolute Gasteiger partial charge is 0.257 e. The molecule has 0 bridgehead atoms. The summed E-state index contributed by atoms with van der Waals surface area (Å²) >= 11 is 5.78. The molecular formula is C13H10ClFN2O3S. The number of amides is 1. The Bertz CT molecular complexity index is 792. The van der Waals surface area contributed by atoms with Gasteiger partial charge in [0.25, 0.3) is 5.91 Å².